The molecule has 2 heteroatoms. The van der Waals surface area contributed by atoms with Crippen LogP contribution in [0.1, 0.15) is 22.3 Å². The molecule has 220 valence electrons. The molecular weight excluding hydrogens is 571 g/mol. The molecule has 1 heterocycles. The van der Waals surface area contributed by atoms with Crippen molar-refractivity contribution in [2.24, 2.45) is 0 Å². The second-order valence-corrected chi connectivity index (χ2v) is 12.4. The van der Waals surface area contributed by atoms with E-state index in [2.05, 4.69) is 181 Å². The van der Waals surface area contributed by atoms with Crippen molar-refractivity contribution in [3.05, 3.63) is 198 Å². The Morgan fingerprint density at radius 3 is 1.83 bits per heavy atom. The van der Waals surface area contributed by atoms with Gasteiger partial charge in [0, 0.05) is 33.5 Å². The summed E-state index contributed by atoms with van der Waals surface area (Å²) in [6.07, 6.45) is 0. The Morgan fingerprint density at radius 1 is 0.426 bits per heavy atom. The molecule has 47 heavy (non-hydrogen) atoms. The molecule has 2 aliphatic carbocycles. The zero-order chi connectivity index (χ0) is 31.0. The number of hydrogen-bond donors (Lipinski definition) is 0. The minimum Gasteiger partial charge on any atom is -0.456 e. The lowest BCUT2D eigenvalue weighted by Crippen LogP contribution is -2.25. The van der Waals surface area contributed by atoms with Gasteiger partial charge in [-0.15, -0.1) is 0 Å². The Bertz CT molecular complexity index is 2470. The van der Waals surface area contributed by atoms with Crippen LogP contribution < -0.4 is 4.90 Å². The summed E-state index contributed by atoms with van der Waals surface area (Å²) in [5, 5.41) is 1.17. The van der Waals surface area contributed by atoms with Crippen molar-refractivity contribution in [1.82, 2.24) is 0 Å². The molecule has 8 aromatic rings. The molecule has 1 unspecified atom stereocenters. The maximum atomic E-state index is 6.68. The highest BCUT2D eigenvalue weighted by molar-refractivity contribution is 6.02. The Balaban J connectivity index is 1.26. The van der Waals surface area contributed by atoms with Crippen molar-refractivity contribution in [1.29, 1.82) is 0 Å². The van der Waals surface area contributed by atoms with E-state index in [1.807, 2.05) is 0 Å². The fraction of sp³-hybridized carbons (Fsp3) is 0.0222. The van der Waals surface area contributed by atoms with Gasteiger partial charge in [-0.1, -0.05) is 140 Å². The molecule has 7 aromatic carbocycles. The summed E-state index contributed by atoms with van der Waals surface area (Å²) < 4.78 is 6.68. The first kappa shape index (κ1) is 26.1. The van der Waals surface area contributed by atoms with Gasteiger partial charge in [-0.2, -0.15) is 0 Å². The molecule has 0 bridgehead atoms. The van der Waals surface area contributed by atoms with Crippen LogP contribution in [0, 0.1) is 0 Å². The molecule has 1 aromatic heterocycles. The van der Waals surface area contributed by atoms with Gasteiger partial charge in [-0.25, -0.2) is 0 Å². The summed E-state index contributed by atoms with van der Waals surface area (Å²) >= 11 is 0. The van der Waals surface area contributed by atoms with Gasteiger partial charge in [0.25, 0.3) is 0 Å². The van der Waals surface area contributed by atoms with E-state index < -0.39 is 5.41 Å². The maximum absolute atomic E-state index is 6.68. The normalized spacial score (nSPS) is 15.3. The summed E-state index contributed by atoms with van der Waals surface area (Å²) in [6.45, 7) is 0. The Labute approximate surface area is 273 Å². The van der Waals surface area contributed by atoms with E-state index in [9.17, 15) is 0 Å². The minimum atomic E-state index is -0.470. The van der Waals surface area contributed by atoms with E-state index in [4.69, 9.17) is 4.42 Å². The highest BCUT2D eigenvalue weighted by Gasteiger charge is 2.54. The number of anilines is 3. The van der Waals surface area contributed by atoms with Crippen molar-refractivity contribution in [3.8, 4) is 33.6 Å². The topological polar surface area (TPSA) is 16.4 Å². The van der Waals surface area contributed by atoms with Crippen LogP contribution in [-0.2, 0) is 5.41 Å². The first-order valence-corrected chi connectivity index (χ1v) is 16.2. The number of rotatable bonds is 4. The maximum Gasteiger partial charge on any atom is 0.140 e. The number of nitrogens with zero attached hydrogens (tertiary/aromatic N) is 1. The van der Waals surface area contributed by atoms with Crippen LogP contribution in [0.15, 0.2) is 180 Å². The monoisotopic (exact) mass is 599 g/mol. The van der Waals surface area contributed by atoms with Crippen LogP contribution in [0.2, 0.25) is 0 Å². The molecule has 0 aliphatic heterocycles. The van der Waals surface area contributed by atoms with Crippen LogP contribution in [0.25, 0.3) is 44.5 Å². The third kappa shape index (κ3) is 3.55. The Hall–Kier alpha value is -6.12. The summed E-state index contributed by atoms with van der Waals surface area (Å²) in [6, 6.07) is 63.5. The third-order valence-electron chi connectivity index (χ3n) is 10.1. The number of benzene rings is 7. The minimum absolute atomic E-state index is 0.470. The third-order valence-corrected chi connectivity index (χ3v) is 10.1. The SMILES string of the molecule is c1ccc(-c2ccccc2N(c2ccccc2)c2ccc3c(c2)-c2ccccc2C32c3ccccc3-c3oc4ccccc4c32)cc1. The zero-order valence-corrected chi connectivity index (χ0v) is 25.6. The predicted molar refractivity (Wildman–Crippen MR) is 193 cm³/mol. The van der Waals surface area contributed by atoms with Crippen LogP contribution in [0.4, 0.5) is 17.1 Å². The van der Waals surface area contributed by atoms with Crippen molar-refractivity contribution in [3.63, 3.8) is 0 Å². The van der Waals surface area contributed by atoms with Gasteiger partial charge in [-0.05, 0) is 69.8 Å². The molecule has 0 saturated heterocycles. The van der Waals surface area contributed by atoms with Crippen molar-refractivity contribution in [2.75, 3.05) is 4.90 Å². The van der Waals surface area contributed by atoms with Gasteiger partial charge in [-0.3, -0.25) is 0 Å². The van der Waals surface area contributed by atoms with Crippen LogP contribution in [0.3, 0.4) is 0 Å². The smallest absolute Gasteiger partial charge is 0.140 e. The van der Waals surface area contributed by atoms with E-state index in [1.54, 1.807) is 0 Å². The molecule has 1 atom stereocenters. The largest absolute Gasteiger partial charge is 0.456 e. The van der Waals surface area contributed by atoms with Crippen LogP contribution in [-0.4, -0.2) is 0 Å². The predicted octanol–water partition coefficient (Wildman–Crippen LogP) is 11.9. The second-order valence-electron chi connectivity index (χ2n) is 12.4. The van der Waals surface area contributed by atoms with Crippen LogP contribution >= 0.6 is 0 Å². The Kier molecular flexibility index (Phi) is 5.53. The average molecular weight is 600 g/mol. The lowest BCUT2D eigenvalue weighted by atomic mass is 9.70. The highest BCUT2D eigenvalue weighted by atomic mass is 16.3. The van der Waals surface area contributed by atoms with Crippen molar-refractivity contribution >= 4 is 28.0 Å². The summed E-state index contributed by atoms with van der Waals surface area (Å²) in [4.78, 5) is 2.40. The molecule has 2 nitrogen and oxygen atoms in total. The molecule has 0 amide bonds. The summed E-state index contributed by atoms with van der Waals surface area (Å²) in [5.41, 5.74) is 15.1. The van der Waals surface area contributed by atoms with E-state index in [-0.39, 0.29) is 0 Å². The van der Waals surface area contributed by atoms with Gasteiger partial charge < -0.3 is 9.32 Å². The van der Waals surface area contributed by atoms with Crippen molar-refractivity contribution in [2.45, 2.75) is 5.41 Å². The van der Waals surface area contributed by atoms with Gasteiger partial charge in [0.05, 0.1) is 11.1 Å². The molecule has 2 aliphatic rings. The van der Waals surface area contributed by atoms with E-state index in [0.717, 1.165) is 28.4 Å². The van der Waals surface area contributed by atoms with Crippen molar-refractivity contribution < 1.29 is 4.42 Å². The number of furan rings is 1. The van der Waals surface area contributed by atoms with Gasteiger partial charge in [0.15, 0.2) is 0 Å². The molecule has 0 radical (unpaired) electrons. The lowest BCUT2D eigenvalue weighted by molar-refractivity contribution is 0.628. The average Bonchev–Trinajstić information content (AvgIpc) is 3.76. The fourth-order valence-electron chi connectivity index (χ4n) is 8.26. The quantitative estimate of drug-likeness (QED) is 0.200. The number of fused-ring (bicyclic) bond motifs is 12. The number of hydrogen-bond acceptors (Lipinski definition) is 2. The van der Waals surface area contributed by atoms with Crippen LogP contribution in [0.5, 0.6) is 0 Å². The first-order valence-electron chi connectivity index (χ1n) is 16.2. The zero-order valence-electron chi connectivity index (χ0n) is 25.6. The van der Waals surface area contributed by atoms with E-state index in [1.165, 1.54) is 55.5 Å². The highest BCUT2D eigenvalue weighted by Crippen LogP contribution is 2.65. The summed E-state index contributed by atoms with van der Waals surface area (Å²) in [5.74, 6) is 0.983. The first-order chi connectivity index (χ1) is 23.3. The lowest BCUT2D eigenvalue weighted by Gasteiger charge is -2.31. The molecule has 1 spiro atoms. The van der Waals surface area contributed by atoms with E-state index >= 15 is 0 Å². The van der Waals surface area contributed by atoms with Gasteiger partial charge in [0.2, 0.25) is 0 Å². The standard InChI is InChI=1S/C45H29NO/c1-3-15-30(16-4-1)33-19-9-13-25-41(33)46(31-17-5-2-6-18-31)32-27-28-40-37(29-32)34-20-7-11-23-38(34)45(40)39-24-12-8-21-35(39)44-43(45)36-22-10-14-26-42(36)47-44/h1-29H. The molecule has 0 fully saturated rings. The number of para-hydroxylation sites is 3. The molecular formula is C45H29NO. The fourth-order valence-corrected chi connectivity index (χ4v) is 8.26. The van der Waals surface area contributed by atoms with E-state index in [0.29, 0.717) is 0 Å². The van der Waals surface area contributed by atoms with Gasteiger partial charge in [0.1, 0.15) is 11.3 Å². The Morgan fingerprint density at radius 2 is 1.02 bits per heavy atom. The van der Waals surface area contributed by atoms with Gasteiger partial charge >= 0.3 is 0 Å². The molecule has 0 N–H and O–H groups in total. The molecule has 0 saturated carbocycles. The summed E-state index contributed by atoms with van der Waals surface area (Å²) in [7, 11) is 0. The second kappa shape index (κ2) is 9.94. The molecule has 10 rings (SSSR count).